The van der Waals surface area contributed by atoms with Crippen molar-refractivity contribution in [2.24, 2.45) is 0 Å². The Morgan fingerprint density at radius 1 is 1.12 bits per heavy atom. The lowest BCUT2D eigenvalue weighted by Gasteiger charge is -2.36. The van der Waals surface area contributed by atoms with E-state index < -0.39 is 23.2 Å². The lowest BCUT2D eigenvalue weighted by Crippen LogP contribution is -2.48. The highest BCUT2D eigenvalue weighted by molar-refractivity contribution is 6.30. The molecule has 1 aliphatic rings. The Labute approximate surface area is 156 Å². The van der Waals surface area contributed by atoms with Crippen LogP contribution in [0.5, 0.6) is 0 Å². The van der Waals surface area contributed by atoms with Crippen LogP contribution in [0.25, 0.3) is 0 Å². The molecular formula is C19H20ClF2N3O. The first kappa shape index (κ1) is 18.6. The molecule has 7 heteroatoms. The Kier molecular flexibility index (Phi) is 5.74. The number of aryl methyl sites for hydroxylation is 1. The first-order chi connectivity index (χ1) is 12.4. The highest BCUT2D eigenvalue weighted by Crippen LogP contribution is 2.25. The Morgan fingerprint density at radius 3 is 2.42 bits per heavy atom. The molecule has 2 aromatic carbocycles. The molecule has 1 saturated heterocycles. The van der Waals surface area contributed by atoms with Crippen LogP contribution in [-0.4, -0.2) is 43.5 Å². The van der Waals surface area contributed by atoms with E-state index in [0.717, 1.165) is 36.5 Å². The van der Waals surface area contributed by atoms with Crippen molar-refractivity contribution < 1.29 is 13.6 Å². The van der Waals surface area contributed by atoms with Crippen molar-refractivity contribution in [3.05, 3.63) is 58.6 Å². The van der Waals surface area contributed by atoms with Crippen LogP contribution in [0.1, 0.15) is 5.56 Å². The van der Waals surface area contributed by atoms with E-state index in [-0.39, 0.29) is 6.54 Å². The maximum absolute atomic E-state index is 13.6. The van der Waals surface area contributed by atoms with E-state index in [0.29, 0.717) is 18.1 Å². The number of hydrogen-bond donors (Lipinski definition) is 1. The van der Waals surface area contributed by atoms with Crippen LogP contribution < -0.4 is 10.2 Å². The van der Waals surface area contributed by atoms with Crippen molar-refractivity contribution in [2.45, 2.75) is 6.92 Å². The van der Waals surface area contributed by atoms with Crippen LogP contribution >= 0.6 is 11.6 Å². The van der Waals surface area contributed by atoms with Gasteiger partial charge in [0.2, 0.25) is 5.91 Å². The quantitative estimate of drug-likeness (QED) is 0.880. The molecule has 0 bridgehead atoms. The van der Waals surface area contributed by atoms with Gasteiger partial charge in [-0.15, -0.1) is 0 Å². The first-order valence-electron chi connectivity index (χ1n) is 8.41. The molecule has 0 radical (unpaired) electrons. The standard InChI is InChI=1S/C19H20ClF2N3O/c1-13-5-6-14(20)11-17(13)25-9-7-24(8-10-25)12-18(26)23-19-15(21)3-2-4-16(19)22/h2-6,11H,7-10,12H2,1H3,(H,23,26). The van der Waals surface area contributed by atoms with Crippen LogP contribution in [0, 0.1) is 18.6 Å². The maximum atomic E-state index is 13.6. The molecular weight excluding hydrogens is 360 g/mol. The molecule has 138 valence electrons. The molecule has 1 amide bonds. The van der Waals surface area contributed by atoms with Crippen molar-refractivity contribution in [3.63, 3.8) is 0 Å². The fourth-order valence-corrected chi connectivity index (χ4v) is 3.24. The number of carbonyl (C=O) groups excluding carboxylic acids is 1. The SMILES string of the molecule is Cc1ccc(Cl)cc1N1CCN(CC(=O)Nc2c(F)cccc2F)CC1. The second-order valence-electron chi connectivity index (χ2n) is 6.34. The van der Waals surface area contributed by atoms with Gasteiger partial charge in [0, 0.05) is 36.9 Å². The predicted octanol–water partition coefficient (Wildman–Crippen LogP) is 3.69. The molecule has 0 atom stereocenters. The van der Waals surface area contributed by atoms with E-state index in [2.05, 4.69) is 10.2 Å². The van der Waals surface area contributed by atoms with E-state index in [1.165, 1.54) is 6.07 Å². The summed E-state index contributed by atoms with van der Waals surface area (Å²) in [5.74, 6) is -1.99. The van der Waals surface area contributed by atoms with Crippen molar-refractivity contribution >= 4 is 28.9 Å². The number of hydrogen-bond acceptors (Lipinski definition) is 3. The molecule has 3 rings (SSSR count). The van der Waals surface area contributed by atoms with Crippen molar-refractivity contribution in [3.8, 4) is 0 Å². The molecule has 0 aliphatic carbocycles. The minimum Gasteiger partial charge on any atom is -0.369 e. The smallest absolute Gasteiger partial charge is 0.238 e. The molecule has 4 nitrogen and oxygen atoms in total. The van der Waals surface area contributed by atoms with Gasteiger partial charge in [-0.2, -0.15) is 0 Å². The number of amides is 1. The number of carbonyl (C=O) groups is 1. The molecule has 1 N–H and O–H groups in total. The normalized spacial score (nSPS) is 15.2. The van der Waals surface area contributed by atoms with Gasteiger partial charge in [0.1, 0.15) is 17.3 Å². The number of nitrogens with one attached hydrogen (secondary N) is 1. The summed E-state index contributed by atoms with van der Waals surface area (Å²) in [6.45, 7) is 4.99. The van der Waals surface area contributed by atoms with Gasteiger partial charge in [-0.25, -0.2) is 8.78 Å². The van der Waals surface area contributed by atoms with Gasteiger partial charge in [-0.3, -0.25) is 9.69 Å². The fraction of sp³-hybridized carbons (Fsp3) is 0.316. The molecule has 1 aliphatic heterocycles. The molecule has 2 aromatic rings. The first-order valence-corrected chi connectivity index (χ1v) is 8.79. The number of para-hydroxylation sites is 1. The number of anilines is 2. The monoisotopic (exact) mass is 379 g/mol. The summed E-state index contributed by atoms with van der Waals surface area (Å²) in [4.78, 5) is 16.3. The van der Waals surface area contributed by atoms with Gasteiger partial charge < -0.3 is 10.2 Å². The van der Waals surface area contributed by atoms with Crippen LogP contribution in [0.4, 0.5) is 20.2 Å². The average Bonchev–Trinajstić information content (AvgIpc) is 2.61. The molecule has 1 fully saturated rings. The summed E-state index contributed by atoms with van der Waals surface area (Å²) in [6, 6.07) is 9.29. The van der Waals surface area contributed by atoms with Crippen molar-refractivity contribution in [1.29, 1.82) is 0 Å². The topological polar surface area (TPSA) is 35.6 Å². The van der Waals surface area contributed by atoms with Gasteiger partial charge >= 0.3 is 0 Å². The third kappa shape index (κ3) is 4.31. The lowest BCUT2D eigenvalue weighted by atomic mass is 10.1. The summed E-state index contributed by atoms with van der Waals surface area (Å²) in [5, 5.41) is 3.02. The predicted molar refractivity (Wildman–Crippen MR) is 99.8 cm³/mol. The van der Waals surface area contributed by atoms with E-state index >= 15 is 0 Å². The number of nitrogens with zero attached hydrogens (tertiary/aromatic N) is 2. The van der Waals surface area contributed by atoms with E-state index in [1.807, 2.05) is 30.0 Å². The van der Waals surface area contributed by atoms with Gasteiger partial charge in [-0.1, -0.05) is 23.7 Å². The third-order valence-corrected chi connectivity index (χ3v) is 4.71. The number of benzene rings is 2. The highest BCUT2D eigenvalue weighted by Gasteiger charge is 2.21. The van der Waals surface area contributed by atoms with Crippen LogP contribution in [0.3, 0.4) is 0 Å². The zero-order valence-electron chi connectivity index (χ0n) is 14.4. The average molecular weight is 380 g/mol. The van der Waals surface area contributed by atoms with Crippen LogP contribution in [0.2, 0.25) is 5.02 Å². The van der Waals surface area contributed by atoms with Gasteiger partial charge in [-0.05, 0) is 36.8 Å². The molecule has 0 saturated carbocycles. The molecule has 0 unspecified atom stereocenters. The van der Waals surface area contributed by atoms with E-state index in [1.54, 1.807) is 0 Å². The molecule has 26 heavy (non-hydrogen) atoms. The maximum Gasteiger partial charge on any atom is 0.238 e. The summed E-state index contributed by atoms with van der Waals surface area (Å²) in [6.07, 6.45) is 0. The fourth-order valence-electron chi connectivity index (χ4n) is 3.07. The van der Waals surface area contributed by atoms with Crippen molar-refractivity contribution in [1.82, 2.24) is 4.90 Å². The van der Waals surface area contributed by atoms with Crippen molar-refractivity contribution in [2.75, 3.05) is 42.9 Å². The second kappa shape index (κ2) is 8.01. The summed E-state index contributed by atoms with van der Waals surface area (Å²) < 4.78 is 27.2. The third-order valence-electron chi connectivity index (χ3n) is 4.48. The molecule has 0 aromatic heterocycles. The largest absolute Gasteiger partial charge is 0.369 e. The minimum atomic E-state index is -0.778. The minimum absolute atomic E-state index is 0.0934. The van der Waals surface area contributed by atoms with Crippen LogP contribution in [0.15, 0.2) is 36.4 Å². The van der Waals surface area contributed by atoms with E-state index in [4.69, 9.17) is 11.6 Å². The summed E-state index contributed by atoms with van der Waals surface area (Å²) >= 11 is 6.08. The lowest BCUT2D eigenvalue weighted by molar-refractivity contribution is -0.117. The Morgan fingerprint density at radius 2 is 1.77 bits per heavy atom. The van der Waals surface area contributed by atoms with Gasteiger partial charge in [0.25, 0.3) is 0 Å². The molecule has 1 heterocycles. The summed E-state index contributed by atoms with van der Waals surface area (Å²) in [5.41, 5.74) is 1.84. The van der Waals surface area contributed by atoms with E-state index in [9.17, 15) is 13.6 Å². The number of rotatable bonds is 4. The van der Waals surface area contributed by atoms with Crippen LogP contribution in [-0.2, 0) is 4.79 Å². The summed E-state index contributed by atoms with van der Waals surface area (Å²) in [7, 11) is 0. The number of halogens is 3. The molecule has 0 spiro atoms. The Hall–Kier alpha value is -2.18. The van der Waals surface area contributed by atoms with Gasteiger partial charge in [0.05, 0.1) is 6.54 Å². The Balaban J connectivity index is 1.55. The highest BCUT2D eigenvalue weighted by atomic mass is 35.5. The Bertz CT molecular complexity index is 787. The zero-order valence-corrected chi connectivity index (χ0v) is 15.2. The zero-order chi connectivity index (χ0) is 18.7. The van der Waals surface area contributed by atoms with Gasteiger partial charge in [0.15, 0.2) is 0 Å². The number of piperazine rings is 1. The second-order valence-corrected chi connectivity index (χ2v) is 6.78.